The van der Waals surface area contributed by atoms with Gasteiger partial charge in [0.25, 0.3) is 5.91 Å². The van der Waals surface area contributed by atoms with Crippen LogP contribution in [0.25, 0.3) is 17.0 Å². The van der Waals surface area contributed by atoms with E-state index >= 15 is 0 Å². The molecule has 4 N–H and O–H groups in total. The number of rotatable bonds is 7. The number of benzene rings is 1. The number of hydrogen-bond acceptors (Lipinski definition) is 5. The molecule has 0 radical (unpaired) electrons. The summed E-state index contributed by atoms with van der Waals surface area (Å²) in [5.41, 5.74) is 10.0. The quantitative estimate of drug-likeness (QED) is 0.339. The first-order valence-electron chi connectivity index (χ1n) is 8.01. The first-order chi connectivity index (χ1) is 12.2. The van der Waals surface area contributed by atoms with Gasteiger partial charge in [-0.1, -0.05) is 23.4 Å². The molecule has 0 unspecified atom stereocenters. The van der Waals surface area contributed by atoms with Crippen LogP contribution in [0.5, 0.6) is 0 Å². The number of para-hydroxylation sites is 1. The number of carbonyl (C=O) groups excluding carboxylic acids is 1. The van der Waals surface area contributed by atoms with E-state index in [9.17, 15) is 4.79 Å². The third-order valence-electron chi connectivity index (χ3n) is 3.88. The number of aryl methyl sites for hydroxylation is 1. The normalized spacial score (nSPS) is 11.4. The molecule has 0 aliphatic carbocycles. The third-order valence-corrected chi connectivity index (χ3v) is 3.88. The van der Waals surface area contributed by atoms with Crippen molar-refractivity contribution in [1.29, 1.82) is 0 Å². The van der Waals surface area contributed by atoms with Crippen molar-refractivity contribution in [3.05, 3.63) is 54.0 Å². The number of carbonyl (C=O) groups is 1. The third kappa shape index (κ3) is 3.93. The van der Waals surface area contributed by atoms with Gasteiger partial charge in [-0.05, 0) is 36.6 Å². The summed E-state index contributed by atoms with van der Waals surface area (Å²) in [7, 11) is 0. The van der Waals surface area contributed by atoms with Crippen LogP contribution in [-0.2, 0) is 17.9 Å². The first kappa shape index (κ1) is 16.9. The minimum Gasteiger partial charge on any atom is -0.343 e. The summed E-state index contributed by atoms with van der Waals surface area (Å²) >= 11 is 0. The van der Waals surface area contributed by atoms with Gasteiger partial charge in [0, 0.05) is 23.8 Å². The van der Waals surface area contributed by atoms with E-state index in [1.807, 2.05) is 12.1 Å². The van der Waals surface area contributed by atoms with E-state index in [2.05, 4.69) is 33.1 Å². The number of aromatic nitrogens is 4. The predicted octanol–water partition coefficient (Wildman–Crippen LogP) is 1.15. The minimum absolute atomic E-state index is 0.535. The van der Waals surface area contributed by atoms with Crippen LogP contribution >= 0.6 is 0 Å². The molecular formula is C17H20N6O2. The number of hydroxylamine groups is 1. The number of nitrogens with two attached hydrogens (primary N) is 1. The predicted molar refractivity (Wildman–Crippen MR) is 93.7 cm³/mol. The fourth-order valence-corrected chi connectivity index (χ4v) is 2.74. The highest BCUT2D eigenvalue weighted by molar-refractivity contribution is 5.90. The van der Waals surface area contributed by atoms with Crippen molar-refractivity contribution in [2.75, 3.05) is 6.54 Å². The second-order valence-corrected chi connectivity index (χ2v) is 5.64. The van der Waals surface area contributed by atoms with E-state index in [1.165, 1.54) is 28.5 Å². The lowest BCUT2D eigenvalue weighted by molar-refractivity contribution is -0.124. The zero-order valence-electron chi connectivity index (χ0n) is 13.7. The molecule has 8 nitrogen and oxygen atoms in total. The van der Waals surface area contributed by atoms with E-state index in [4.69, 9.17) is 10.9 Å². The van der Waals surface area contributed by atoms with Crippen molar-refractivity contribution in [2.45, 2.75) is 19.5 Å². The lowest BCUT2D eigenvalue weighted by atomic mass is 10.2. The van der Waals surface area contributed by atoms with E-state index < -0.39 is 5.91 Å². The summed E-state index contributed by atoms with van der Waals surface area (Å²) in [5, 5.41) is 17.7. The van der Waals surface area contributed by atoms with Gasteiger partial charge in [-0.15, -0.1) is 5.10 Å². The van der Waals surface area contributed by atoms with Crippen LogP contribution in [-0.4, -0.2) is 37.2 Å². The van der Waals surface area contributed by atoms with E-state index in [-0.39, 0.29) is 0 Å². The summed E-state index contributed by atoms with van der Waals surface area (Å²) in [6, 6.07) is 10.4. The highest BCUT2D eigenvalue weighted by atomic mass is 16.5. The molecule has 0 aliphatic rings. The summed E-state index contributed by atoms with van der Waals surface area (Å²) in [5.74, 6) is -0.614. The monoisotopic (exact) mass is 340 g/mol. The number of nitrogens with zero attached hydrogens (tertiary/aromatic N) is 4. The Balaban J connectivity index is 1.84. The van der Waals surface area contributed by atoms with Gasteiger partial charge >= 0.3 is 0 Å². The van der Waals surface area contributed by atoms with Crippen molar-refractivity contribution in [2.24, 2.45) is 5.73 Å². The molecule has 2 aromatic heterocycles. The van der Waals surface area contributed by atoms with Gasteiger partial charge in [-0.25, -0.2) is 10.2 Å². The highest BCUT2D eigenvalue weighted by Crippen LogP contribution is 2.21. The maximum Gasteiger partial charge on any atom is 0.267 e. The summed E-state index contributed by atoms with van der Waals surface area (Å²) < 4.78 is 3.96. The molecule has 0 atom stereocenters. The van der Waals surface area contributed by atoms with Crippen molar-refractivity contribution in [3.63, 3.8) is 0 Å². The van der Waals surface area contributed by atoms with Gasteiger partial charge in [0.1, 0.15) is 5.69 Å². The SMILES string of the molecule is NCCCn1c(Cn2cc(C=CC(=O)NO)nn2)cc2ccccc21. The Kier molecular flexibility index (Phi) is 5.22. The van der Waals surface area contributed by atoms with Crippen LogP contribution in [0, 0.1) is 0 Å². The zero-order chi connectivity index (χ0) is 17.6. The molecule has 0 bridgehead atoms. The van der Waals surface area contributed by atoms with Crippen LogP contribution in [0.3, 0.4) is 0 Å². The molecule has 25 heavy (non-hydrogen) atoms. The Bertz CT molecular complexity index is 896. The molecule has 1 amide bonds. The topological polar surface area (TPSA) is 111 Å². The molecule has 8 heteroatoms. The number of hydrogen-bond donors (Lipinski definition) is 3. The fourth-order valence-electron chi connectivity index (χ4n) is 2.74. The lowest BCUT2D eigenvalue weighted by Crippen LogP contribution is -2.14. The van der Waals surface area contributed by atoms with Crippen LogP contribution < -0.4 is 11.2 Å². The van der Waals surface area contributed by atoms with E-state index in [0.717, 1.165) is 18.7 Å². The molecule has 2 heterocycles. The van der Waals surface area contributed by atoms with E-state index in [1.54, 1.807) is 10.9 Å². The largest absolute Gasteiger partial charge is 0.343 e. The summed E-state index contributed by atoms with van der Waals surface area (Å²) in [4.78, 5) is 11.0. The molecule has 1 aromatic carbocycles. The second-order valence-electron chi connectivity index (χ2n) is 5.64. The molecule has 0 spiro atoms. The van der Waals surface area contributed by atoms with E-state index in [0.29, 0.717) is 18.8 Å². The Labute approximate surface area is 144 Å². The zero-order valence-corrected chi connectivity index (χ0v) is 13.7. The van der Waals surface area contributed by atoms with Crippen LogP contribution in [0.2, 0.25) is 0 Å². The van der Waals surface area contributed by atoms with Gasteiger partial charge in [0.2, 0.25) is 0 Å². The number of fused-ring (bicyclic) bond motifs is 1. The average Bonchev–Trinajstić information content (AvgIpc) is 3.22. The maximum atomic E-state index is 11.0. The number of nitrogens with one attached hydrogen (secondary N) is 1. The van der Waals surface area contributed by atoms with Crippen molar-refractivity contribution < 1.29 is 10.0 Å². The Morgan fingerprint density at radius 2 is 2.20 bits per heavy atom. The van der Waals surface area contributed by atoms with Gasteiger partial charge in [-0.2, -0.15) is 0 Å². The first-order valence-corrected chi connectivity index (χ1v) is 8.01. The molecule has 0 fully saturated rings. The van der Waals surface area contributed by atoms with Crippen molar-refractivity contribution in [1.82, 2.24) is 25.0 Å². The molecule has 0 saturated heterocycles. The van der Waals surface area contributed by atoms with Crippen LogP contribution in [0.15, 0.2) is 42.6 Å². The van der Waals surface area contributed by atoms with Crippen LogP contribution in [0.4, 0.5) is 0 Å². The maximum absolute atomic E-state index is 11.0. The standard InChI is InChI=1S/C17H20N6O2/c18-8-3-9-23-15(10-13-4-1-2-5-16(13)23)12-22-11-14(19-21-22)6-7-17(24)20-25/h1-2,4-7,10-11,25H,3,8-9,12,18H2,(H,20,24). The average molecular weight is 340 g/mol. The Morgan fingerprint density at radius 3 is 3.00 bits per heavy atom. The molecule has 3 aromatic rings. The molecule has 0 saturated carbocycles. The Morgan fingerprint density at radius 1 is 1.36 bits per heavy atom. The van der Waals surface area contributed by atoms with Gasteiger partial charge in [-0.3, -0.25) is 10.0 Å². The van der Waals surface area contributed by atoms with Crippen molar-refractivity contribution in [3.8, 4) is 0 Å². The molecular weight excluding hydrogens is 320 g/mol. The fraction of sp³-hybridized carbons (Fsp3) is 0.235. The summed E-state index contributed by atoms with van der Waals surface area (Å²) in [6.07, 6.45) is 5.31. The smallest absolute Gasteiger partial charge is 0.267 e. The lowest BCUT2D eigenvalue weighted by Gasteiger charge is -2.10. The molecule has 3 rings (SSSR count). The minimum atomic E-state index is -0.614. The molecule has 0 aliphatic heterocycles. The van der Waals surface area contributed by atoms with Gasteiger partial charge in [0.05, 0.1) is 12.7 Å². The highest BCUT2D eigenvalue weighted by Gasteiger charge is 2.09. The Hall–Kier alpha value is -2.97. The van der Waals surface area contributed by atoms with Crippen molar-refractivity contribution >= 4 is 22.9 Å². The second kappa shape index (κ2) is 7.73. The number of amides is 1. The summed E-state index contributed by atoms with van der Waals surface area (Å²) in [6.45, 7) is 2.04. The van der Waals surface area contributed by atoms with Gasteiger partial charge in [0.15, 0.2) is 0 Å². The molecule has 130 valence electrons. The van der Waals surface area contributed by atoms with Crippen LogP contribution in [0.1, 0.15) is 17.8 Å². The van der Waals surface area contributed by atoms with Gasteiger partial charge < -0.3 is 10.3 Å².